The van der Waals surface area contributed by atoms with Crippen molar-refractivity contribution in [2.45, 2.75) is 45.4 Å². The predicted octanol–water partition coefficient (Wildman–Crippen LogP) is 5.11. The molecular weight excluding hydrogens is 294 g/mol. The molecule has 24 heavy (non-hydrogen) atoms. The molecule has 0 N–H and O–H groups in total. The summed E-state index contributed by atoms with van der Waals surface area (Å²) in [6.07, 6.45) is 9.84. The predicted molar refractivity (Wildman–Crippen MR) is 101 cm³/mol. The van der Waals surface area contributed by atoms with Gasteiger partial charge in [-0.15, -0.1) is 6.58 Å². The molecule has 4 rings (SSSR count). The number of para-hydroxylation sites is 1. The quantitative estimate of drug-likeness (QED) is 0.705. The molecule has 0 radical (unpaired) electrons. The number of fused-ring (bicyclic) bond motifs is 2. The van der Waals surface area contributed by atoms with Crippen molar-refractivity contribution in [1.82, 2.24) is 0 Å². The second kappa shape index (κ2) is 6.58. The summed E-state index contributed by atoms with van der Waals surface area (Å²) in [5.41, 5.74) is 2.26. The van der Waals surface area contributed by atoms with Crippen LogP contribution < -0.4 is 4.90 Å². The van der Waals surface area contributed by atoms with E-state index in [1.807, 2.05) is 17.0 Å². The van der Waals surface area contributed by atoms with E-state index < -0.39 is 0 Å². The van der Waals surface area contributed by atoms with E-state index in [2.05, 4.69) is 57.7 Å². The fraction of sp³-hybridized carbons (Fsp3) is 0.500. The molecule has 2 nitrogen and oxygen atoms in total. The Morgan fingerprint density at radius 1 is 1.25 bits per heavy atom. The Morgan fingerprint density at radius 3 is 2.54 bits per heavy atom. The van der Waals surface area contributed by atoms with Crippen LogP contribution in [0.1, 0.15) is 45.6 Å². The van der Waals surface area contributed by atoms with Gasteiger partial charge in [0.15, 0.2) is 0 Å². The first-order valence-electron chi connectivity index (χ1n) is 9.12. The van der Waals surface area contributed by atoms with Gasteiger partial charge in [0.05, 0.1) is 0 Å². The van der Waals surface area contributed by atoms with Crippen molar-refractivity contribution < 1.29 is 4.79 Å². The Bertz CT molecular complexity index is 652. The summed E-state index contributed by atoms with van der Waals surface area (Å²) in [6, 6.07) is 8.32. The zero-order chi connectivity index (χ0) is 17.3. The normalized spacial score (nSPS) is 25.5. The number of nitrogens with zero attached hydrogens (tertiary/aromatic N) is 1. The Labute approximate surface area is 146 Å². The molecule has 1 fully saturated rings. The third kappa shape index (κ3) is 3.19. The summed E-state index contributed by atoms with van der Waals surface area (Å²) in [5, 5.41) is 0. The van der Waals surface area contributed by atoms with Crippen LogP contribution in [0.15, 0.2) is 49.1 Å². The molecule has 1 amide bonds. The van der Waals surface area contributed by atoms with Crippen molar-refractivity contribution in [2.24, 2.45) is 17.8 Å². The minimum atomic E-state index is 0.00175. The molecule has 3 aliphatic rings. The summed E-state index contributed by atoms with van der Waals surface area (Å²) in [6.45, 7) is 11.1. The van der Waals surface area contributed by atoms with Gasteiger partial charge in [0.25, 0.3) is 0 Å². The summed E-state index contributed by atoms with van der Waals surface area (Å²) >= 11 is 0. The lowest BCUT2D eigenvalue weighted by atomic mass is 9.68. The van der Waals surface area contributed by atoms with Crippen molar-refractivity contribution in [1.29, 1.82) is 0 Å². The molecule has 0 saturated heterocycles. The second-order valence-electron chi connectivity index (χ2n) is 8.23. The maximum atomic E-state index is 13.4. The highest BCUT2D eigenvalue weighted by atomic mass is 16.2. The van der Waals surface area contributed by atoms with Gasteiger partial charge in [-0.05, 0) is 48.1 Å². The SMILES string of the molecule is C=CCN(C(=O)[C@@H]1C[C@@H]2C=C[C@H]1CC2)c1ccccc1C(C)(C)C. The summed E-state index contributed by atoms with van der Waals surface area (Å²) < 4.78 is 0. The van der Waals surface area contributed by atoms with E-state index in [1.54, 1.807) is 0 Å². The van der Waals surface area contributed by atoms with Gasteiger partial charge in [-0.2, -0.15) is 0 Å². The molecular formula is C22H29NO. The summed E-state index contributed by atoms with van der Waals surface area (Å²) in [7, 11) is 0. The lowest BCUT2D eigenvalue weighted by Crippen LogP contribution is -2.43. The van der Waals surface area contributed by atoms with Gasteiger partial charge in [-0.1, -0.05) is 57.2 Å². The molecule has 1 aromatic rings. The largest absolute Gasteiger partial charge is 0.308 e. The minimum absolute atomic E-state index is 0.00175. The molecule has 0 unspecified atom stereocenters. The van der Waals surface area contributed by atoms with Crippen LogP contribution in [0.2, 0.25) is 0 Å². The molecule has 0 aliphatic heterocycles. The molecule has 0 aromatic heterocycles. The lowest BCUT2D eigenvalue weighted by Gasteiger charge is -2.40. The Kier molecular flexibility index (Phi) is 4.67. The topological polar surface area (TPSA) is 20.3 Å². The van der Waals surface area contributed by atoms with Gasteiger partial charge in [0.1, 0.15) is 0 Å². The molecule has 0 heterocycles. The molecule has 3 atom stereocenters. The molecule has 2 heteroatoms. The van der Waals surface area contributed by atoms with E-state index in [0.29, 0.717) is 18.4 Å². The fourth-order valence-electron chi connectivity index (χ4n) is 4.19. The second-order valence-corrected chi connectivity index (χ2v) is 8.23. The molecule has 1 aromatic carbocycles. The average molecular weight is 323 g/mol. The zero-order valence-electron chi connectivity index (χ0n) is 15.2. The van der Waals surface area contributed by atoms with Gasteiger partial charge >= 0.3 is 0 Å². The first-order valence-corrected chi connectivity index (χ1v) is 9.12. The molecule has 1 saturated carbocycles. The number of carbonyl (C=O) groups excluding carboxylic acids is 1. The van der Waals surface area contributed by atoms with Crippen molar-refractivity contribution in [3.63, 3.8) is 0 Å². The first kappa shape index (κ1) is 17.0. The third-order valence-electron chi connectivity index (χ3n) is 5.47. The summed E-state index contributed by atoms with van der Waals surface area (Å²) in [5.74, 6) is 1.40. The Hall–Kier alpha value is -1.83. The number of anilines is 1. The maximum absolute atomic E-state index is 13.4. The van der Waals surface area contributed by atoms with Crippen LogP contribution in [-0.4, -0.2) is 12.5 Å². The Morgan fingerprint density at radius 2 is 2.00 bits per heavy atom. The summed E-state index contributed by atoms with van der Waals surface area (Å²) in [4.78, 5) is 15.4. The van der Waals surface area contributed by atoms with Gasteiger partial charge < -0.3 is 4.90 Å². The molecule has 0 spiro atoms. The van der Waals surface area contributed by atoms with E-state index in [1.165, 1.54) is 12.0 Å². The standard InChI is InChI=1S/C22H29NO/c1-5-14-23(20-9-7-6-8-19(20)22(2,3)4)21(24)18-15-16-10-12-17(18)13-11-16/h5-10,12,16-18H,1,11,13-15H2,2-4H3/t16-,17+,18-/m1/s1. The van der Waals surface area contributed by atoms with Crippen molar-refractivity contribution in [3.8, 4) is 0 Å². The molecule has 2 bridgehead atoms. The van der Waals surface area contributed by atoms with Crippen LogP contribution in [0, 0.1) is 17.8 Å². The lowest BCUT2D eigenvalue weighted by molar-refractivity contribution is -0.125. The number of carbonyl (C=O) groups is 1. The van der Waals surface area contributed by atoms with E-state index >= 15 is 0 Å². The zero-order valence-corrected chi connectivity index (χ0v) is 15.2. The van der Waals surface area contributed by atoms with Gasteiger partial charge in [0, 0.05) is 18.2 Å². The van der Waals surface area contributed by atoms with Crippen molar-refractivity contribution in [3.05, 3.63) is 54.6 Å². The molecule has 3 aliphatic carbocycles. The van der Waals surface area contributed by atoms with Crippen LogP contribution in [-0.2, 0) is 10.2 Å². The van der Waals surface area contributed by atoms with Crippen molar-refractivity contribution in [2.75, 3.05) is 11.4 Å². The van der Waals surface area contributed by atoms with Crippen LogP contribution >= 0.6 is 0 Å². The van der Waals surface area contributed by atoms with E-state index in [9.17, 15) is 4.79 Å². The number of hydrogen-bond donors (Lipinski definition) is 0. The smallest absolute Gasteiger partial charge is 0.231 e. The first-order chi connectivity index (χ1) is 11.4. The average Bonchev–Trinajstić information content (AvgIpc) is 2.59. The minimum Gasteiger partial charge on any atom is -0.308 e. The van der Waals surface area contributed by atoms with Crippen LogP contribution in [0.3, 0.4) is 0 Å². The van der Waals surface area contributed by atoms with Gasteiger partial charge in [-0.25, -0.2) is 0 Å². The maximum Gasteiger partial charge on any atom is 0.231 e. The van der Waals surface area contributed by atoms with E-state index in [0.717, 1.165) is 18.5 Å². The van der Waals surface area contributed by atoms with Gasteiger partial charge in [0.2, 0.25) is 5.91 Å². The van der Waals surface area contributed by atoms with Crippen LogP contribution in [0.5, 0.6) is 0 Å². The number of rotatable bonds is 4. The fourth-order valence-corrected chi connectivity index (χ4v) is 4.19. The third-order valence-corrected chi connectivity index (χ3v) is 5.47. The van der Waals surface area contributed by atoms with Crippen LogP contribution in [0.4, 0.5) is 5.69 Å². The number of hydrogen-bond acceptors (Lipinski definition) is 1. The molecule has 128 valence electrons. The van der Waals surface area contributed by atoms with E-state index in [4.69, 9.17) is 0 Å². The van der Waals surface area contributed by atoms with Crippen molar-refractivity contribution >= 4 is 11.6 Å². The number of benzene rings is 1. The number of allylic oxidation sites excluding steroid dienone is 2. The highest BCUT2D eigenvalue weighted by Crippen LogP contribution is 2.42. The highest BCUT2D eigenvalue weighted by molar-refractivity contribution is 5.96. The number of amides is 1. The highest BCUT2D eigenvalue weighted by Gasteiger charge is 2.39. The van der Waals surface area contributed by atoms with E-state index in [-0.39, 0.29) is 17.2 Å². The monoisotopic (exact) mass is 323 g/mol. The van der Waals surface area contributed by atoms with Crippen LogP contribution in [0.25, 0.3) is 0 Å². The Balaban J connectivity index is 1.95. The van der Waals surface area contributed by atoms with Gasteiger partial charge in [-0.3, -0.25) is 4.79 Å².